The number of imidazole rings is 1. The van der Waals surface area contributed by atoms with Gasteiger partial charge in [-0.05, 0) is 26.2 Å². The average Bonchev–Trinajstić information content (AvgIpc) is 2.77. The van der Waals surface area contributed by atoms with Gasteiger partial charge in [0.2, 0.25) is 5.91 Å². The third kappa shape index (κ3) is 3.33. The van der Waals surface area contributed by atoms with Gasteiger partial charge < -0.3 is 20.7 Å². The molecule has 2 rings (SSSR count). The van der Waals surface area contributed by atoms with E-state index in [0.29, 0.717) is 19.4 Å². The smallest absolute Gasteiger partial charge is 0.225 e. The largest absolute Gasteiger partial charge is 0.391 e. The molecule has 1 amide bonds. The Morgan fingerprint density at radius 3 is 2.95 bits per heavy atom. The van der Waals surface area contributed by atoms with Gasteiger partial charge in [0.05, 0.1) is 12.6 Å². The molecule has 1 fully saturated rings. The molecule has 4 N–H and O–H groups in total. The average molecular weight is 266 g/mol. The number of aliphatic hydroxyl groups excluding tert-OH is 1. The maximum absolute atomic E-state index is 12.3. The van der Waals surface area contributed by atoms with Crippen molar-refractivity contribution in [1.82, 2.24) is 14.9 Å². The summed E-state index contributed by atoms with van der Waals surface area (Å²) in [6.07, 6.45) is 3.09. The molecule has 1 heterocycles. The molecular formula is C13H22N4O2. The number of hydrogen-bond acceptors (Lipinski definition) is 4. The molecule has 6 heteroatoms. The highest BCUT2D eigenvalue weighted by atomic mass is 16.3. The van der Waals surface area contributed by atoms with E-state index in [1.54, 1.807) is 18.1 Å². The van der Waals surface area contributed by atoms with Crippen LogP contribution in [0.15, 0.2) is 6.20 Å². The summed E-state index contributed by atoms with van der Waals surface area (Å²) in [6.45, 7) is 2.39. The maximum atomic E-state index is 12.3. The van der Waals surface area contributed by atoms with Crippen LogP contribution < -0.4 is 5.73 Å². The second-order valence-corrected chi connectivity index (χ2v) is 5.45. The van der Waals surface area contributed by atoms with E-state index in [9.17, 15) is 9.90 Å². The lowest BCUT2D eigenvalue weighted by atomic mass is 9.83. The summed E-state index contributed by atoms with van der Waals surface area (Å²) < 4.78 is 0. The van der Waals surface area contributed by atoms with Crippen LogP contribution in [0.2, 0.25) is 0 Å². The van der Waals surface area contributed by atoms with Crippen molar-refractivity contribution in [2.45, 2.75) is 44.9 Å². The summed E-state index contributed by atoms with van der Waals surface area (Å²) >= 11 is 0. The Kier molecular flexibility index (Phi) is 4.21. The monoisotopic (exact) mass is 266 g/mol. The summed E-state index contributed by atoms with van der Waals surface area (Å²) in [7, 11) is 1.76. The number of rotatable bonds is 3. The highest BCUT2D eigenvalue weighted by Crippen LogP contribution is 2.25. The molecule has 3 atom stereocenters. The third-order valence-electron chi connectivity index (χ3n) is 3.74. The fourth-order valence-corrected chi connectivity index (χ4v) is 2.56. The van der Waals surface area contributed by atoms with Crippen molar-refractivity contribution < 1.29 is 9.90 Å². The van der Waals surface area contributed by atoms with Crippen LogP contribution in [-0.2, 0) is 11.3 Å². The van der Waals surface area contributed by atoms with Crippen molar-refractivity contribution >= 4 is 5.91 Å². The lowest BCUT2D eigenvalue weighted by Crippen LogP contribution is -2.44. The number of carbonyl (C=O) groups excluding carboxylic acids is 1. The topological polar surface area (TPSA) is 95.2 Å². The van der Waals surface area contributed by atoms with Crippen LogP contribution in [0.1, 0.15) is 30.8 Å². The number of hydrogen-bond donors (Lipinski definition) is 3. The number of aryl methyl sites for hydroxylation is 1. The van der Waals surface area contributed by atoms with Gasteiger partial charge in [-0.3, -0.25) is 4.79 Å². The Morgan fingerprint density at radius 1 is 1.63 bits per heavy atom. The first-order chi connectivity index (χ1) is 8.97. The number of aromatic nitrogens is 2. The molecule has 19 heavy (non-hydrogen) atoms. The quantitative estimate of drug-likeness (QED) is 0.726. The zero-order valence-corrected chi connectivity index (χ0v) is 11.5. The minimum Gasteiger partial charge on any atom is -0.391 e. The molecule has 1 aromatic heterocycles. The van der Waals surface area contributed by atoms with Crippen molar-refractivity contribution in [2.24, 2.45) is 11.7 Å². The zero-order valence-electron chi connectivity index (χ0n) is 11.5. The van der Waals surface area contributed by atoms with E-state index < -0.39 is 6.10 Å². The number of H-pyrrole nitrogens is 1. The Balaban J connectivity index is 1.92. The minimum absolute atomic E-state index is 0.0556. The molecule has 1 aromatic rings. The lowest BCUT2D eigenvalue weighted by Gasteiger charge is -2.32. The van der Waals surface area contributed by atoms with Crippen LogP contribution in [0.3, 0.4) is 0 Å². The molecule has 1 aliphatic rings. The molecule has 0 spiro atoms. The maximum Gasteiger partial charge on any atom is 0.225 e. The summed E-state index contributed by atoms with van der Waals surface area (Å²) in [6, 6.07) is -0.193. The van der Waals surface area contributed by atoms with Crippen molar-refractivity contribution in [1.29, 1.82) is 0 Å². The number of aromatic amines is 1. The summed E-state index contributed by atoms with van der Waals surface area (Å²) in [5, 5.41) is 9.76. The van der Waals surface area contributed by atoms with Crippen LogP contribution in [0, 0.1) is 12.8 Å². The van der Waals surface area contributed by atoms with E-state index in [-0.39, 0.29) is 17.9 Å². The molecule has 0 unspecified atom stereocenters. The summed E-state index contributed by atoms with van der Waals surface area (Å²) in [4.78, 5) is 21.3. The Hall–Kier alpha value is -1.40. The van der Waals surface area contributed by atoms with Gasteiger partial charge >= 0.3 is 0 Å². The standard InChI is InChI=1S/C13H22N4O2/c1-8-6-15-12(16-8)7-17(2)13(19)9-3-4-10(14)11(18)5-9/h6,9-11,18H,3-5,7,14H2,1-2H3,(H,15,16)/t9-,10+,11+/m0/s1. The highest BCUT2D eigenvalue weighted by molar-refractivity contribution is 5.78. The van der Waals surface area contributed by atoms with Crippen molar-refractivity contribution in [2.75, 3.05) is 7.05 Å². The number of nitrogens with one attached hydrogen (secondary N) is 1. The van der Waals surface area contributed by atoms with Crippen LogP contribution in [0.4, 0.5) is 0 Å². The Morgan fingerprint density at radius 2 is 2.37 bits per heavy atom. The van der Waals surface area contributed by atoms with Gasteiger partial charge in [0.25, 0.3) is 0 Å². The molecule has 0 saturated heterocycles. The molecule has 6 nitrogen and oxygen atoms in total. The molecule has 1 aliphatic carbocycles. The lowest BCUT2D eigenvalue weighted by molar-refractivity contribution is -0.137. The molecule has 0 aliphatic heterocycles. The molecule has 0 aromatic carbocycles. The fraction of sp³-hybridized carbons (Fsp3) is 0.692. The second-order valence-electron chi connectivity index (χ2n) is 5.45. The van der Waals surface area contributed by atoms with Gasteiger partial charge in [0.15, 0.2) is 0 Å². The molecule has 1 saturated carbocycles. The number of amides is 1. The van der Waals surface area contributed by atoms with Crippen LogP contribution in [-0.4, -0.2) is 45.1 Å². The van der Waals surface area contributed by atoms with E-state index in [2.05, 4.69) is 9.97 Å². The first kappa shape index (κ1) is 14.0. The minimum atomic E-state index is -0.568. The summed E-state index contributed by atoms with van der Waals surface area (Å²) in [5.74, 6) is 0.706. The van der Waals surface area contributed by atoms with E-state index in [4.69, 9.17) is 5.73 Å². The van der Waals surface area contributed by atoms with E-state index in [1.165, 1.54) is 0 Å². The summed E-state index contributed by atoms with van der Waals surface area (Å²) in [5.41, 5.74) is 6.73. The van der Waals surface area contributed by atoms with Gasteiger partial charge in [-0.15, -0.1) is 0 Å². The van der Waals surface area contributed by atoms with E-state index in [1.807, 2.05) is 6.92 Å². The van der Waals surface area contributed by atoms with E-state index >= 15 is 0 Å². The van der Waals surface area contributed by atoms with Crippen molar-refractivity contribution in [3.05, 3.63) is 17.7 Å². The first-order valence-corrected chi connectivity index (χ1v) is 6.66. The van der Waals surface area contributed by atoms with Crippen LogP contribution in [0.5, 0.6) is 0 Å². The Labute approximate surface area is 113 Å². The van der Waals surface area contributed by atoms with Crippen molar-refractivity contribution in [3.8, 4) is 0 Å². The zero-order chi connectivity index (χ0) is 14.0. The number of aliphatic hydroxyl groups is 1. The van der Waals surface area contributed by atoms with Gasteiger partial charge in [-0.25, -0.2) is 4.98 Å². The second kappa shape index (κ2) is 5.71. The van der Waals surface area contributed by atoms with Gasteiger partial charge in [-0.1, -0.05) is 0 Å². The molecule has 0 bridgehead atoms. The number of nitrogens with zero attached hydrogens (tertiary/aromatic N) is 2. The SMILES string of the molecule is Cc1cnc(CN(C)C(=O)[C@H]2CC[C@@H](N)[C@H](O)C2)[nH]1. The fourth-order valence-electron chi connectivity index (χ4n) is 2.56. The molecular weight excluding hydrogens is 244 g/mol. The van der Waals surface area contributed by atoms with E-state index in [0.717, 1.165) is 17.9 Å². The van der Waals surface area contributed by atoms with Gasteiger partial charge in [-0.2, -0.15) is 0 Å². The number of nitrogens with two attached hydrogens (primary N) is 1. The third-order valence-corrected chi connectivity index (χ3v) is 3.74. The Bertz CT molecular complexity index is 446. The van der Waals surface area contributed by atoms with Crippen LogP contribution >= 0.6 is 0 Å². The highest BCUT2D eigenvalue weighted by Gasteiger charge is 2.32. The number of carbonyl (C=O) groups is 1. The first-order valence-electron chi connectivity index (χ1n) is 6.66. The molecule has 0 radical (unpaired) electrons. The van der Waals surface area contributed by atoms with Crippen molar-refractivity contribution in [3.63, 3.8) is 0 Å². The predicted molar refractivity (Wildman–Crippen MR) is 71.1 cm³/mol. The normalized spacial score (nSPS) is 27.3. The van der Waals surface area contributed by atoms with Crippen LogP contribution in [0.25, 0.3) is 0 Å². The van der Waals surface area contributed by atoms with Gasteiger partial charge in [0, 0.05) is 30.9 Å². The molecule has 106 valence electrons. The van der Waals surface area contributed by atoms with Gasteiger partial charge in [0.1, 0.15) is 5.82 Å². The predicted octanol–water partition coefficient (Wildman–Crippen LogP) is 0.165.